The lowest BCUT2D eigenvalue weighted by atomic mass is 10.1. The SMILES string of the molecule is O=c1[nH]c(-c2ccccc2)nc2c1ccc1ncccc12. The number of nitrogens with one attached hydrogen (secondary N) is 1. The molecule has 4 aromatic rings. The molecule has 4 rings (SSSR count). The van der Waals surface area contributed by atoms with E-state index in [0.717, 1.165) is 16.5 Å². The van der Waals surface area contributed by atoms with Crippen LogP contribution in [0.5, 0.6) is 0 Å². The first kappa shape index (κ1) is 11.8. The number of hydrogen-bond acceptors (Lipinski definition) is 3. The zero-order valence-electron chi connectivity index (χ0n) is 11.1. The molecule has 0 aliphatic heterocycles. The Bertz CT molecular complexity index is 1010. The lowest BCUT2D eigenvalue weighted by Gasteiger charge is -2.05. The normalized spacial score (nSPS) is 11.0. The van der Waals surface area contributed by atoms with Crippen LogP contribution in [-0.4, -0.2) is 15.0 Å². The minimum atomic E-state index is -0.135. The van der Waals surface area contributed by atoms with Crippen molar-refractivity contribution in [2.45, 2.75) is 0 Å². The summed E-state index contributed by atoms with van der Waals surface area (Å²) in [5.41, 5.74) is 2.27. The third kappa shape index (κ3) is 1.89. The molecule has 0 radical (unpaired) electrons. The quantitative estimate of drug-likeness (QED) is 0.542. The van der Waals surface area contributed by atoms with Crippen LogP contribution in [0, 0.1) is 0 Å². The van der Waals surface area contributed by atoms with Gasteiger partial charge in [-0.3, -0.25) is 9.78 Å². The topological polar surface area (TPSA) is 58.6 Å². The number of pyridine rings is 1. The van der Waals surface area contributed by atoms with E-state index in [0.29, 0.717) is 16.7 Å². The maximum absolute atomic E-state index is 12.3. The standard InChI is InChI=1S/C17H11N3O/c21-17-13-8-9-14-12(7-4-10-18-14)15(13)19-16(20-17)11-5-2-1-3-6-11/h1-10H,(H,19,20,21). The van der Waals surface area contributed by atoms with Gasteiger partial charge in [0.1, 0.15) is 5.82 Å². The fourth-order valence-electron chi connectivity index (χ4n) is 2.49. The van der Waals surface area contributed by atoms with Crippen molar-refractivity contribution < 1.29 is 0 Å². The molecular weight excluding hydrogens is 262 g/mol. The maximum atomic E-state index is 12.3. The number of rotatable bonds is 1. The van der Waals surface area contributed by atoms with E-state index in [9.17, 15) is 4.79 Å². The largest absolute Gasteiger partial charge is 0.306 e. The Morgan fingerprint density at radius 2 is 1.71 bits per heavy atom. The van der Waals surface area contributed by atoms with Crippen LogP contribution < -0.4 is 5.56 Å². The molecule has 0 saturated heterocycles. The van der Waals surface area contributed by atoms with Gasteiger partial charge in [-0.15, -0.1) is 0 Å². The number of hydrogen-bond donors (Lipinski definition) is 1. The third-order valence-corrected chi connectivity index (χ3v) is 3.50. The number of aromatic nitrogens is 3. The van der Waals surface area contributed by atoms with Gasteiger partial charge < -0.3 is 4.98 Å². The summed E-state index contributed by atoms with van der Waals surface area (Å²) in [4.78, 5) is 24.1. The van der Waals surface area contributed by atoms with Gasteiger partial charge >= 0.3 is 0 Å². The van der Waals surface area contributed by atoms with Gasteiger partial charge in [0.05, 0.1) is 16.4 Å². The molecule has 0 spiro atoms. The zero-order chi connectivity index (χ0) is 14.2. The molecule has 4 heteroatoms. The van der Waals surface area contributed by atoms with E-state index < -0.39 is 0 Å². The lowest BCUT2D eigenvalue weighted by molar-refractivity contribution is 1.18. The van der Waals surface area contributed by atoms with Crippen molar-refractivity contribution in [1.82, 2.24) is 15.0 Å². The molecule has 4 nitrogen and oxygen atoms in total. The number of nitrogens with zero attached hydrogens (tertiary/aromatic N) is 2. The van der Waals surface area contributed by atoms with Gasteiger partial charge in [0.25, 0.3) is 5.56 Å². The minimum absolute atomic E-state index is 0.135. The Hall–Kier alpha value is -3.01. The molecular formula is C17H11N3O. The molecule has 2 aromatic heterocycles. The Balaban J connectivity index is 2.13. The predicted octanol–water partition coefficient (Wildman–Crippen LogP) is 3.14. The van der Waals surface area contributed by atoms with Gasteiger partial charge in [-0.05, 0) is 24.3 Å². The Labute approximate surface area is 120 Å². The van der Waals surface area contributed by atoms with Crippen LogP contribution in [0.25, 0.3) is 33.2 Å². The summed E-state index contributed by atoms with van der Waals surface area (Å²) in [6.07, 6.45) is 1.74. The number of benzene rings is 2. The van der Waals surface area contributed by atoms with Crippen LogP contribution in [-0.2, 0) is 0 Å². The summed E-state index contributed by atoms with van der Waals surface area (Å²) < 4.78 is 0. The highest BCUT2D eigenvalue weighted by Gasteiger charge is 2.09. The van der Waals surface area contributed by atoms with E-state index in [2.05, 4.69) is 15.0 Å². The van der Waals surface area contributed by atoms with Crippen molar-refractivity contribution >= 4 is 21.8 Å². The second kappa shape index (κ2) is 4.52. The van der Waals surface area contributed by atoms with E-state index in [4.69, 9.17) is 0 Å². The fourth-order valence-corrected chi connectivity index (χ4v) is 2.49. The van der Waals surface area contributed by atoms with Crippen molar-refractivity contribution in [1.29, 1.82) is 0 Å². The van der Waals surface area contributed by atoms with Crippen LogP contribution in [0.3, 0.4) is 0 Å². The van der Waals surface area contributed by atoms with Gasteiger partial charge in [0.15, 0.2) is 0 Å². The smallest absolute Gasteiger partial charge is 0.259 e. The summed E-state index contributed by atoms with van der Waals surface area (Å²) in [7, 11) is 0. The molecule has 0 aliphatic carbocycles. The molecule has 100 valence electrons. The Morgan fingerprint density at radius 3 is 2.57 bits per heavy atom. The van der Waals surface area contributed by atoms with E-state index >= 15 is 0 Å². The van der Waals surface area contributed by atoms with Crippen molar-refractivity contribution in [2.24, 2.45) is 0 Å². The summed E-state index contributed by atoms with van der Waals surface area (Å²) in [5.74, 6) is 0.574. The molecule has 0 saturated carbocycles. The zero-order valence-corrected chi connectivity index (χ0v) is 11.1. The lowest BCUT2D eigenvalue weighted by Crippen LogP contribution is -2.09. The summed E-state index contributed by atoms with van der Waals surface area (Å²) in [6.45, 7) is 0. The van der Waals surface area contributed by atoms with Gasteiger partial charge in [-0.1, -0.05) is 30.3 Å². The highest BCUT2D eigenvalue weighted by atomic mass is 16.1. The van der Waals surface area contributed by atoms with Gasteiger partial charge in [0, 0.05) is 17.1 Å². The molecule has 0 amide bonds. The average Bonchev–Trinajstić information content (AvgIpc) is 2.55. The third-order valence-electron chi connectivity index (χ3n) is 3.50. The second-order valence-corrected chi connectivity index (χ2v) is 4.81. The van der Waals surface area contributed by atoms with Crippen LogP contribution in [0.4, 0.5) is 0 Å². The van der Waals surface area contributed by atoms with Crippen LogP contribution in [0.15, 0.2) is 65.6 Å². The minimum Gasteiger partial charge on any atom is -0.306 e. The summed E-state index contributed by atoms with van der Waals surface area (Å²) in [6, 6.07) is 17.0. The molecule has 2 aromatic carbocycles. The Morgan fingerprint density at radius 1 is 0.857 bits per heavy atom. The molecule has 21 heavy (non-hydrogen) atoms. The number of fused-ring (bicyclic) bond motifs is 3. The van der Waals surface area contributed by atoms with Crippen LogP contribution >= 0.6 is 0 Å². The van der Waals surface area contributed by atoms with Gasteiger partial charge in [0.2, 0.25) is 0 Å². The summed E-state index contributed by atoms with van der Waals surface area (Å²) in [5, 5.41) is 1.47. The predicted molar refractivity (Wildman–Crippen MR) is 83.1 cm³/mol. The monoisotopic (exact) mass is 273 g/mol. The molecule has 2 heterocycles. The molecule has 0 fully saturated rings. The molecule has 0 unspecified atom stereocenters. The van der Waals surface area contributed by atoms with E-state index in [-0.39, 0.29) is 5.56 Å². The maximum Gasteiger partial charge on any atom is 0.259 e. The van der Waals surface area contributed by atoms with Crippen molar-refractivity contribution in [3.8, 4) is 11.4 Å². The molecule has 1 N–H and O–H groups in total. The van der Waals surface area contributed by atoms with Crippen LogP contribution in [0.1, 0.15) is 0 Å². The van der Waals surface area contributed by atoms with Crippen molar-refractivity contribution in [3.63, 3.8) is 0 Å². The first-order valence-corrected chi connectivity index (χ1v) is 6.66. The van der Waals surface area contributed by atoms with Crippen molar-refractivity contribution in [3.05, 3.63) is 71.1 Å². The first-order valence-electron chi connectivity index (χ1n) is 6.66. The van der Waals surface area contributed by atoms with E-state index in [1.807, 2.05) is 48.5 Å². The highest BCUT2D eigenvalue weighted by molar-refractivity contribution is 6.03. The van der Waals surface area contributed by atoms with Crippen LogP contribution in [0.2, 0.25) is 0 Å². The average molecular weight is 273 g/mol. The van der Waals surface area contributed by atoms with Gasteiger partial charge in [-0.25, -0.2) is 4.98 Å². The molecule has 0 aliphatic rings. The summed E-state index contributed by atoms with van der Waals surface area (Å²) >= 11 is 0. The van der Waals surface area contributed by atoms with Crippen molar-refractivity contribution in [2.75, 3.05) is 0 Å². The fraction of sp³-hybridized carbons (Fsp3) is 0. The first-order chi connectivity index (χ1) is 10.3. The second-order valence-electron chi connectivity index (χ2n) is 4.81. The molecule has 0 atom stereocenters. The van der Waals surface area contributed by atoms with E-state index in [1.54, 1.807) is 12.3 Å². The number of H-pyrrole nitrogens is 1. The number of aromatic amines is 1. The Kier molecular flexibility index (Phi) is 2.54. The van der Waals surface area contributed by atoms with Gasteiger partial charge in [-0.2, -0.15) is 0 Å². The highest BCUT2D eigenvalue weighted by Crippen LogP contribution is 2.22. The van der Waals surface area contributed by atoms with E-state index in [1.165, 1.54) is 0 Å². The molecule has 0 bridgehead atoms.